The number of aromatic nitrogens is 1. The maximum atomic E-state index is 12.4. The van der Waals surface area contributed by atoms with E-state index in [0.717, 1.165) is 29.6 Å². The van der Waals surface area contributed by atoms with Crippen molar-refractivity contribution in [3.8, 4) is 0 Å². The van der Waals surface area contributed by atoms with E-state index in [4.69, 9.17) is 11.6 Å². The van der Waals surface area contributed by atoms with Gasteiger partial charge < -0.3 is 10.2 Å². The minimum Gasteiger partial charge on any atom is -0.330 e. The lowest BCUT2D eigenvalue weighted by molar-refractivity contribution is -0.129. The van der Waals surface area contributed by atoms with E-state index in [2.05, 4.69) is 16.4 Å². The zero-order valence-corrected chi connectivity index (χ0v) is 13.0. The molecule has 0 aliphatic carbocycles. The molecule has 1 amide bonds. The van der Waals surface area contributed by atoms with Crippen LogP contribution in [-0.2, 0) is 4.79 Å². The monoisotopic (exact) mass is 315 g/mol. The van der Waals surface area contributed by atoms with Crippen LogP contribution >= 0.6 is 11.6 Å². The fourth-order valence-electron chi connectivity index (χ4n) is 2.90. The Bertz CT molecular complexity index is 696. The van der Waals surface area contributed by atoms with E-state index in [1.807, 2.05) is 35.4 Å². The van der Waals surface area contributed by atoms with Crippen LogP contribution in [0.2, 0.25) is 0 Å². The molecule has 1 saturated heterocycles. The molecule has 2 heterocycles. The molecule has 22 heavy (non-hydrogen) atoms. The Balaban J connectivity index is 1.99. The van der Waals surface area contributed by atoms with Gasteiger partial charge in [-0.25, -0.2) is 0 Å². The Kier molecular flexibility index (Phi) is 4.71. The third kappa shape index (κ3) is 2.98. The standard InChI is InChI=1S/C17H18ClN3O/c18-8-3-6-17(22)21-11-10-19-12-16(21)14-7-9-20-15-5-2-1-4-13(14)15/h1-7,9,16,19H,8,10-12H2. The first kappa shape index (κ1) is 15.0. The molecule has 1 unspecified atom stereocenters. The summed E-state index contributed by atoms with van der Waals surface area (Å²) in [7, 11) is 0. The number of pyridine rings is 1. The average molecular weight is 316 g/mol. The number of hydrogen-bond donors (Lipinski definition) is 1. The van der Waals surface area contributed by atoms with Crippen LogP contribution < -0.4 is 5.32 Å². The number of alkyl halides is 1. The van der Waals surface area contributed by atoms with Gasteiger partial charge in [0.25, 0.3) is 0 Å². The molecule has 1 N–H and O–H groups in total. The highest BCUT2D eigenvalue weighted by Crippen LogP contribution is 2.28. The number of nitrogens with one attached hydrogen (secondary N) is 1. The second kappa shape index (κ2) is 6.90. The van der Waals surface area contributed by atoms with Gasteiger partial charge in [-0.05, 0) is 17.7 Å². The van der Waals surface area contributed by atoms with Crippen LogP contribution in [0.15, 0.2) is 48.7 Å². The van der Waals surface area contributed by atoms with Crippen molar-refractivity contribution in [3.63, 3.8) is 0 Å². The third-order valence-corrected chi connectivity index (χ3v) is 4.10. The summed E-state index contributed by atoms with van der Waals surface area (Å²) in [4.78, 5) is 18.7. The number of carbonyl (C=O) groups is 1. The van der Waals surface area contributed by atoms with Crippen molar-refractivity contribution in [3.05, 3.63) is 54.2 Å². The van der Waals surface area contributed by atoms with Gasteiger partial charge in [-0.15, -0.1) is 11.6 Å². The van der Waals surface area contributed by atoms with Crippen LogP contribution in [0.1, 0.15) is 11.6 Å². The van der Waals surface area contributed by atoms with E-state index in [-0.39, 0.29) is 11.9 Å². The van der Waals surface area contributed by atoms with Crippen LogP contribution in [0.3, 0.4) is 0 Å². The number of hydrogen-bond acceptors (Lipinski definition) is 3. The molecule has 1 fully saturated rings. The molecule has 1 aliphatic rings. The maximum absolute atomic E-state index is 12.4. The van der Waals surface area contributed by atoms with Gasteiger partial charge in [0.15, 0.2) is 0 Å². The van der Waals surface area contributed by atoms with Crippen molar-refractivity contribution in [2.45, 2.75) is 6.04 Å². The summed E-state index contributed by atoms with van der Waals surface area (Å²) >= 11 is 5.64. The molecule has 2 aromatic rings. The third-order valence-electron chi connectivity index (χ3n) is 3.92. The molecule has 5 heteroatoms. The van der Waals surface area contributed by atoms with Gasteiger partial charge >= 0.3 is 0 Å². The zero-order chi connectivity index (χ0) is 15.4. The smallest absolute Gasteiger partial charge is 0.246 e. The van der Waals surface area contributed by atoms with Crippen LogP contribution in [0, 0.1) is 0 Å². The number of fused-ring (bicyclic) bond motifs is 1. The van der Waals surface area contributed by atoms with Gasteiger partial charge in [-0.3, -0.25) is 9.78 Å². The first-order chi connectivity index (χ1) is 10.8. The first-order valence-corrected chi connectivity index (χ1v) is 7.92. The summed E-state index contributed by atoms with van der Waals surface area (Å²) in [5.41, 5.74) is 2.08. The molecule has 0 radical (unpaired) electrons. The van der Waals surface area contributed by atoms with Crippen molar-refractivity contribution >= 4 is 28.4 Å². The lowest BCUT2D eigenvalue weighted by atomic mass is 9.99. The summed E-state index contributed by atoms with van der Waals surface area (Å²) in [6, 6.07) is 10.0. The van der Waals surface area contributed by atoms with E-state index in [1.165, 1.54) is 0 Å². The number of nitrogens with zero attached hydrogens (tertiary/aromatic N) is 2. The SMILES string of the molecule is O=C(C=CCCl)N1CCNCC1c1ccnc2ccccc12. The highest BCUT2D eigenvalue weighted by atomic mass is 35.5. The molecule has 1 aliphatic heterocycles. The molecule has 1 atom stereocenters. The predicted octanol–water partition coefficient (Wildman–Crippen LogP) is 2.50. The maximum Gasteiger partial charge on any atom is 0.246 e. The van der Waals surface area contributed by atoms with Crippen LogP contribution in [0.5, 0.6) is 0 Å². The number of carbonyl (C=O) groups excluding carboxylic acids is 1. The highest BCUT2D eigenvalue weighted by molar-refractivity contribution is 6.19. The van der Waals surface area contributed by atoms with Crippen molar-refractivity contribution in [1.29, 1.82) is 0 Å². The van der Waals surface area contributed by atoms with E-state index in [9.17, 15) is 4.79 Å². The van der Waals surface area contributed by atoms with Gasteiger partial charge in [0.05, 0.1) is 11.6 Å². The van der Waals surface area contributed by atoms with Gasteiger partial charge in [0.2, 0.25) is 5.91 Å². The van der Waals surface area contributed by atoms with Crippen LogP contribution in [0.4, 0.5) is 0 Å². The molecule has 0 saturated carbocycles. The highest BCUT2D eigenvalue weighted by Gasteiger charge is 2.27. The summed E-state index contributed by atoms with van der Waals surface area (Å²) in [5, 5.41) is 4.47. The van der Waals surface area contributed by atoms with E-state index in [0.29, 0.717) is 12.4 Å². The minimum atomic E-state index is 0.00745. The van der Waals surface area contributed by atoms with E-state index in [1.54, 1.807) is 12.2 Å². The molecule has 1 aromatic heterocycles. The lowest BCUT2D eigenvalue weighted by Crippen LogP contribution is -2.48. The zero-order valence-electron chi connectivity index (χ0n) is 12.2. The summed E-state index contributed by atoms with van der Waals surface area (Å²) in [5.74, 6) is 0.355. The Morgan fingerprint density at radius 3 is 3.14 bits per heavy atom. The van der Waals surface area contributed by atoms with Crippen LogP contribution in [0.25, 0.3) is 10.9 Å². The van der Waals surface area contributed by atoms with E-state index < -0.39 is 0 Å². The van der Waals surface area contributed by atoms with Gasteiger partial charge in [-0.2, -0.15) is 0 Å². The molecule has 3 rings (SSSR count). The Hall–Kier alpha value is -1.91. The number of amides is 1. The lowest BCUT2D eigenvalue weighted by Gasteiger charge is -2.36. The topological polar surface area (TPSA) is 45.2 Å². The van der Waals surface area contributed by atoms with Crippen molar-refractivity contribution in [2.24, 2.45) is 0 Å². The summed E-state index contributed by atoms with van der Waals surface area (Å²) in [6.07, 6.45) is 5.06. The van der Waals surface area contributed by atoms with Crippen molar-refractivity contribution in [1.82, 2.24) is 15.2 Å². The van der Waals surface area contributed by atoms with Crippen molar-refractivity contribution < 1.29 is 4.79 Å². The number of allylic oxidation sites excluding steroid dienone is 1. The average Bonchev–Trinajstić information content (AvgIpc) is 2.59. The minimum absolute atomic E-state index is 0.00745. The van der Waals surface area contributed by atoms with Crippen molar-refractivity contribution in [2.75, 3.05) is 25.5 Å². The van der Waals surface area contributed by atoms with Gasteiger partial charge in [0, 0.05) is 43.2 Å². The molecular weight excluding hydrogens is 298 g/mol. The Labute approximate surface area is 134 Å². The second-order valence-corrected chi connectivity index (χ2v) is 5.53. The second-order valence-electron chi connectivity index (χ2n) is 5.23. The molecule has 1 aromatic carbocycles. The van der Waals surface area contributed by atoms with Crippen LogP contribution in [-0.4, -0.2) is 41.3 Å². The number of halogens is 1. The first-order valence-electron chi connectivity index (χ1n) is 7.38. The number of piperazine rings is 1. The normalized spacial score (nSPS) is 19.0. The van der Waals surface area contributed by atoms with E-state index >= 15 is 0 Å². The number of para-hydroxylation sites is 1. The molecular formula is C17H18ClN3O. The molecule has 0 bridgehead atoms. The number of rotatable bonds is 3. The van der Waals surface area contributed by atoms with Gasteiger partial charge in [0.1, 0.15) is 0 Å². The Morgan fingerprint density at radius 2 is 2.27 bits per heavy atom. The molecule has 0 spiro atoms. The van der Waals surface area contributed by atoms with Gasteiger partial charge in [-0.1, -0.05) is 24.3 Å². The largest absolute Gasteiger partial charge is 0.330 e. The predicted molar refractivity (Wildman–Crippen MR) is 88.9 cm³/mol. The summed E-state index contributed by atoms with van der Waals surface area (Å²) in [6.45, 7) is 2.24. The number of benzene rings is 1. The molecule has 114 valence electrons. The fraction of sp³-hybridized carbons (Fsp3) is 0.294. The molecule has 4 nitrogen and oxygen atoms in total. The fourth-order valence-corrected chi connectivity index (χ4v) is 2.98. The summed E-state index contributed by atoms with van der Waals surface area (Å²) < 4.78 is 0. The Morgan fingerprint density at radius 1 is 1.41 bits per heavy atom. The quantitative estimate of drug-likeness (QED) is 0.699.